The molecule has 0 aliphatic rings. The predicted octanol–water partition coefficient (Wildman–Crippen LogP) is 4.13. The lowest BCUT2D eigenvalue weighted by Crippen LogP contribution is -2.11. The molecule has 120 valence electrons. The monoisotopic (exact) mass is 445 g/mol. The van der Waals surface area contributed by atoms with E-state index in [0.29, 0.717) is 22.2 Å². The van der Waals surface area contributed by atoms with E-state index in [9.17, 15) is 9.59 Å². The maximum Gasteiger partial charge on any atom is 0.347 e. The number of anilines is 1. The summed E-state index contributed by atoms with van der Waals surface area (Å²) in [5.41, 5.74) is 0.857. The molecule has 0 aliphatic carbocycles. The van der Waals surface area contributed by atoms with Crippen LogP contribution in [0.1, 0.15) is 17.3 Å². The molecule has 0 heterocycles. The van der Waals surface area contributed by atoms with E-state index in [4.69, 9.17) is 21.1 Å². The Morgan fingerprint density at radius 2 is 1.83 bits per heavy atom. The molecule has 0 unspecified atom stereocenters. The number of ether oxygens (including phenoxy) is 2. The first-order valence-corrected chi connectivity index (χ1v) is 7.99. The van der Waals surface area contributed by atoms with Crippen LogP contribution >= 0.6 is 34.2 Å². The molecule has 0 radical (unpaired) electrons. The number of esters is 1. The first kappa shape index (κ1) is 17.6. The minimum absolute atomic E-state index is 0.173. The van der Waals surface area contributed by atoms with E-state index in [1.807, 2.05) is 0 Å². The molecule has 2 rings (SSSR count). The van der Waals surface area contributed by atoms with Gasteiger partial charge < -0.3 is 14.8 Å². The molecule has 0 saturated carbocycles. The third kappa shape index (κ3) is 4.59. The van der Waals surface area contributed by atoms with Crippen LogP contribution in [0.15, 0.2) is 36.4 Å². The molecule has 5 nitrogen and oxygen atoms in total. The van der Waals surface area contributed by atoms with Gasteiger partial charge in [0.1, 0.15) is 17.1 Å². The van der Waals surface area contributed by atoms with Crippen molar-refractivity contribution in [1.29, 1.82) is 0 Å². The van der Waals surface area contributed by atoms with Crippen molar-refractivity contribution in [2.45, 2.75) is 6.92 Å². The number of hydrogen-bond donors (Lipinski definition) is 1. The number of methoxy groups -OCH3 is 1. The van der Waals surface area contributed by atoms with Crippen LogP contribution in [-0.4, -0.2) is 19.0 Å². The van der Waals surface area contributed by atoms with Crippen molar-refractivity contribution < 1.29 is 19.1 Å². The van der Waals surface area contributed by atoms with Crippen LogP contribution < -0.4 is 14.8 Å². The summed E-state index contributed by atoms with van der Waals surface area (Å²) in [4.78, 5) is 23.3. The molecular weight excluding hydrogens is 433 g/mol. The Balaban J connectivity index is 2.19. The summed E-state index contributed by atoms with van der Waals surface area (Å²) in [6.07, 6.45) is 0. The topological polar surface area (TPSA) is 64.6 Å². The van der Waals surface area contributed by atoms with Crippen LogP contribution in [0.3, 0.4) is 0 Å². The Morgan fingerprint density at radius 1 is 1.17 bits per heavy atom. The van der Waals surface area contributed by atoms with E-state index < -0.39 is 5.97 Å². The Morgan fingerprint density at radius 3 is 2.39 bits per heavy atom. The Bertz CT molecular complexity index is 746. The van der Waals surface area contributed by atoms with Crippen LogP contribution in [0.5, 0.6) is 11.5 Å². The second-order valence-corrected chi connectivity index (χ2v) is 6.13. The van der Waals surface area contributed by atoms with Gasteiger partial charge in [-0.25, -0.2) is 4.79 Å². The van der Waals surface area contributed by atoms with Gasteiger partial charge in [0.05, 0.1) is 12.1 Å². The van der Waals surface area contributed by atoms with Gasteiger partial charge in [-0.05, 0) is 59.0 Å². The largest absolute Gasteiger partial charge is 0.496 e. The highest BCUT2D eigenvalue weighted by Gasteiger charge is 2.17. The van der Waals surface area contributed by atoms with Crippen LogP contribution in [0.4, 0.5) is 5.69 Å². The summed E-state index contributed by atoms with van der Waals surface area (Å²) in [6.45, 7) is 1.42. The fraction of sp³-hybridized carbons (Fsp3) is 0.125. The van der Waals surface area contributed by atoms with E-state index in [-0.39, 0.29) is 11.5 Å². The molecule has 0 saturated heterocycles. The quantitative estimate of drug-likeness (QED) is 0.437. The second-order valence-electron chi connectivity index (χ2n) is 4.56. The highest BCUT2D eigenvalue weighted by molar-refractivity contribution is 14.1. The van der Waals surface area contributed by atoms with Gasteiger partial charge in [-0.3, -0.25) is 4.79 Å². The van der Waals surface area contributed by atoms with Crippen molar-refractivity contribution in [1.82, 2.24) is 0 Å². The van der Waals surface area contributed by atoms with Crippen LogP contribution in [-0.2, 0) is 4.79 Å². The summed E-state index contributed by atoms with van der Waals surface area (Å²) in [6, 6.07) is 9.63. The number of rotatable bonds is 4. The molecule has 0 spiro atoms. The molecule has 1 N–H and O–H groups in total. The average Bonchev–Trinajstić information content (AvgIpc) is 2.50. The van der Waals surface area contributed by atoms with Gasteiger partial charge in [0.2, 0.25) is 5.91 Å². The van der Waals surface area contributed by atoms with Crippen molar-refractivity contribution in [3.63, 3.8) is 0 Å². The van der Waals surface area contributed by atoms with Gasteiger partial charge in [-0.1, -0.05) is 11.6 Å². The third-order valence-electron chi connectivity index (χ3n) is 2.85. The Labute approximate surface area is 152 Å². The lowest BCUT2D eigenvalue weighted by atomic mass is 10.2. The summed E-state index contributed by atoms with van der Waals surface area (Å²) >= 11 is 8.10. The standard InChI is InChI=1S/C16H13ClINO4/c1-9(20)19-10-3-5-11(6-4-10)23-16(21)12-7-13(17)14(18)8-15(12)22-2/h3-8H,1-2H3,(H,19,20). The maximum atomic E-state index is 12.3. The highest BCUT2D eigenvalue weighted by atomic mass is 127. The van der Waals surface area contributed by atoms with Crippen LogP contribution in [0.2, 0.25) is 5.02 Å². The number of benzene rings is 2. The molecule has 2 aromatic carbocycles. The highest BCUT2D eigenvalue weighted by Crippen LogP contribution is 2.29. The number of nitrogens with one attached hydrogen (secondary N) is 1. The fourth-order valence-electron chi connectivity index (χ4n) is 1.83. The molecule has 0 atom stereocenters. The van der Waals surface area contributed by atoms with Crippen LogP contribution in [0, 0.1) is 3.57 Å². The average molecular weight is 446 g/mol. The smallest absolute Gasteiger partial charge is 0.347 e. The molecule has 0 aliphatic heterocycles. The SMILES string of the molecule is COc1cc(I)c(Cl)cc1C(=O)Oc1ccc(NC(C)=O)cc1. The van der Waals surface area contributed by atoms with Gasteiger partial charge in [-0.15, -0.1) is 0 Å². The maximum absolute atomic E-state index is 12.3. The minimum Gasteiger partial charge on any atom is -0.496 e. The lowest BCUT2D eigenvalue weighted by molar-refractivity contribution is -0.114. The first-order valence-electron chi connectivity index (χ1n) is 6.53. The van der Waals surface area contributed by atoms with Crippen LogP contribution in [0.25, 0.3) is 0 Å². The molecule has 2 aromatic rings. The second kappa shape index (κ2) is 7.65. The number of carbonyl (C=O) groups excluding carboxylic acids is 2. The number of carbonyl (C=O) groups is 2. The number of halogens is 2. The Kier molecular flexibility index (Phi) is 5.84. The third-order valence-corrected chi connectivity index (χ3v) is 4.37. The molecule has 1 amide bonds. The lowest BCUT2D eigenvalue weighted by Gasteiger charge is -2.10. The minimum atomic E-state index is -0.576. The van der Waals surface area contributed by atoms with Gasteiger partial charge in [0, 0.05) is 16.2 Å². The number of amides is 1. The summed E-state index contributed by atoms with van der Waals surface area (Å²) in [5.74, 6) is -0.0140. The van der Waals surface area contributed by atoms with Gasteiger partial charge in [0.15, 0.2) is 0 Å². The van der Waals surface area contributed by atoms with Gasteiger partial charge in [-0.2, -0.15) is 0 Å². The van der Waals surface area contributed by atoms with E-state index in [0.717, 1.165) is 3.57 Å². The zero-order chi connectivity index (χ0) is 17.0. The van der Waals surface area contributed by atoms with E-state index in [1.54, 1.807) is 30.3 Å². The van der Waals surface area contributed by atoms with E-state index >= 15 is 0 Å². The molecule has 0 fully saturated rings. The summed E-state index contributed by atoms with van der Waals surface area (Å²) in [5, 5.41) is 3.08. The van der Waals surface area contributed by atoms with Gasteiger partial charge >= 0.3 is 5.97 Å². The molecule has 7 heteroatoms. The zero-order valence-corrected chi connectivity index (χ0v) is 15.3. The van der Waals surface area contributed by atoms with Crippen molar-refractivity contribution in [2.24, 2.45) is 0 Å². The van der Waals surface area contributed by atoms with Crippen molar-refractivity contribution >= 4 is 51.8 Å². The zero-order valence-electron chi connectivity index (χ0n) is 12.4. The Hall–Kier alpha value is -1.80. The van der Waals surface area contributed by atoms with Crippen molar-refractivity contribution in [2.75, 3.05) is 12.4 Å². The molecule has 0 aromatic heterocycles. The molecule has 23 heavy (non-hydrogen) atoms. The van der Waals surface area contributed by atoms with Crippen molar-refractivity contribution in [3.05, 3.63) is 50.6 Å². The summed E-state index contributed by atoms with van der Waals surface area (Å²) in [7, 11) is 1.47. The summed E-state index contributed by atoms with van der Waals surface area (Å²) < 4.78 is 11.3. The normalized spacial score (nSPS) is 10.1. The fourth-order valence-corrected chi connectivity index (χ4v) is 2.43. The van der Waals surface area contributed by atoms with Gasteiger partial charge in [0.25, 0.3) is 0 Å². The molecule has 0 bridgehead atoms. The van der Waals surface area contributed by atoms with Crippen molar-refractivity contribution in [3.8, 4) is 11.5 Å². The number of hydrogen-bond acceptors (Lipinski definition) is 4. The predicted molar refractivity (Wildman–Crippen MR) is 96.4 cm³/mol. The van der Waals surface area contributed by atoms with E-state index in [1.165, 1.54) is 20.1 Å². The van der Waals surface area contributed by atoms with E-state index in [2.05, 4.69) is 27.9 Å². The molecular formula is C16H13ClINO4. The first-order chi connectivity index (χ1) is 10.9.